The van der Waals surface area contributed by atoms with E-state index in [0.29, 0.717) is 17.1 Å². The molecule has 28 heavy (non-hydrogen) atoms. The molecule has 0 unspecified atom stereocenters. The average molecular weight is 383 g/mol. The first-order chi connectivity index (χ1) is 13.2. The molecule has 0 bridgehead atoms. The summed E-state index contributed by atoms with van der Waals surface area (Å²) in [4.78, 5) is 12.9. The summed E-state index contributed by atoms with van der Waals surface area (Å²) in [6.45, 7) is 11.8. The van der Waals surface area contributed by atoms with Crippen LogP contribution in [0, 0.1) is 13.8 Å². The summed E-state index contributed by atoms with van der Waals surface area (Å²) in [7, 11) is 1.64. The average Bonchev–Trinajstić information content (AvgIpc) is 2.61. The predicted octanol–water partition coefficient (Wildman–Crippen LogP) is 5.78. The number of allylic oxidation sites excluding steroid dienone is 1. The summed E-state index contributed by atoms with van der Waals surface area (Å²) in [6, 6.07) is 9.30. The fourth-order valence-electron chi connectivity index (χ4n) is 2.87. The molecule has 4 nitrogen and oxygen atoms in total. The lowest BCUT2D eigenvalue weighted by Gasteiger charge is -2.16. The van der Waals surface area contributed by atoms with E-state index in [9.17, 15) is 4.79 Å². The van der Waals surface area contributed by atoms with Crippen molar-refractivity contribution in [2.24, 2.45) is 0 Å². The highest BCUT2D eigenvalue weighted by molar-refractivity contribution is 6.08. The number of hydrogen-bond acceptors (Lipinski definition) is 4. The summed E-state index contributed by atoms with van der Waals surface area (Å²) in [5.74, 6) is 1.85. The first kappa shape index (κ1) is 21.5. The Morgan fingerprint density at radius 1 is 0.964 bits per heavy atom. The van der Waals surface area contributed by atoms with Crippen LogP contribution < -0.4 is 14.2 Å². The van der Waals surface area contributed by atoms with Crippen molar-refractivity contribution in [1.82, 2.24) is 0 Å². The largest absolute Gasteiger partial charge is 0.496 e. The van der Waals surface area contributed by atoms with E-state index in [1.165, 1.54) is 0 Å². The van der Waals surface area contributed by atoms with Crippen LogP contribution in [0.4, 0.5) is 0 Å². The Kier molecular flexibility index (Phi) is 7.27. The number of ether oxygens (including phenoxy) is 3. The maximum Gasteiger partial charge on any atom is 0.189 e. The SMILES string of the molecule is COc1c(/C=C/C(=O)c2ccc(OC(C)C)cc2OC(C)C)ccc(C)c1C. The highest BCUT2D eigenvalue weighted by Gasteiger charge is 2.14. The van der Waals surface area contributed by atoms with Crippen molar-refractivity contribution in [3.63, 3.8) is 0 Å². The second kappa shape index (κ2) is 9.45. The fourth-order valence-corrected chi connectivity index (χ4v) is 2.87. The highest BCUT2D eigenvalue weighted by Crippen LogP contribution is 2.29. The van der Waals surface area contributed by atoms with E-state index in [4.69, 9.17) is 14.2 Å². The Morgan fingerprint density at radius 3 is 2.25 bits per heavy atom. The number of rotatable bonds is 8. The maximum atomic E-state index is 12.9. The quantitative estimate of drug-likeness (QED) is 0.429. The standard InChI is InChI=1S/C24H30O4/c1-15(2)27-20-11-12-21(23(14-20)28-16(3)4)22(25)13-10-19-9-8-17(5)18(6)24(19)26-7/h8-16H,1-7H3/b13-10+. The van der Waals surface area contributed by atoms with E-state index in [1.54, 1.807) is 37.5 Å². The Hall–Kier alpha value is -2.75. The number of methoxy groups -OCH3 is 1. The molecule has 0 N–H and O–H groups in total. The van der Waals surface area contributed by atoms with Crippen molar-refractivity contribution in [1.29, 1.82) is 0 Å². The molecule has 2 aromatic rings. The number of carbonyl (C=O) groups is 1. The smallest absolute Gasteiger partial charge is 0.189 e. The minimum Gasteiger partial charge on any atom is -0.496 e. The first-order valence-corrected chi connectivity index (χ1v) is 9.56. The second-order valence-corrected chi connectivity index (χ2v) is 7.32. The molecule has 2 aromatic carbocycles. The Labute approximate surface area is 168 Å². The molecule has 0 aliphatic heterocycles. The van der Waals surface area contributed by atoms with Gasteiger partial charge in [0.1, 0.15) is 17.2 Å². The maximum absolute atomic E-state index is 12.9. The molecule has 0 saturated carbocycles. The molecular weight excluding hydrogens is 352 g/mol. The van der Waals surface area contributed by atoms with Gasteiger partial charge in [0.15, 0.2) is 5.78 Å². The Balaban J connectivity index is 2.35. The summed E-state index contributed by atoms with van der Waals surface area (Å²) in [5, 5.41) is 0. The molecule has 0 aliphatic carbocycles. The molecule has 0 saturated heterocycles. The zero-order chi connectivity index (χ0) is 20.8. The minimum atomic E-state index is -0.132. The van der Waals surface area contributed by atoms with E-state index >= 15 is 0 Å². The summed E-state index contributed by atoms with van der Waals surface area (Å²) in [5.41, 5.74) is 3.58. The molecule has 0 aromatic heterocycles. The van der Waals surface area contributed by atoms with E-state index in [1.807, 2.05) is 53.7 Å². The second-order valence-electron chi connectivity index (χ2n) is 7.32. The van der Waals surface area contributed by atoms with Gasteiger partial charge >= 0.3 is 0 Å². The summed E-state index contributed by atoms with van der Waals surface area (Å²) >= 11 is 0. The molecule has 0 aliphatic rings. The highest BCUT2D eigenvalue weighted by atomic mass is 16.5. The van der Waals surface area contributed by atoms with Crippen molar-refractivity contribution < 1.29 is 19.0 Å². The molecular formula is C24H30O4. The molecule has 0 heterocycles. The van der Waals surface area contributed by atoms with Gasteiger partial charge in [0.2, 0.25) is 0 Å². The van der Waals surface area contributed by atoms with Crippen molar-refractivity contribution in [3.05, 3.63) is 58.7 Å². The predicted molar refractivity (Wildman–Crippen MR) is 114 cm³/mol. The minimum absolute atomic E-state index is 0.0468. The van der Waals surface area contributed by atoms with Gasteiger partial charge in [-0.05, 0) is 77.0 Å². The third-order valence-electron chi connectivity index (χ3n) is 4.28. The molecule has 0 amide bonds. The number of ketones is 1. The van der Waals surface area contributed by atoms with Crippen LogP contribution in [0.2, 0.25) is 0 Å². The third kappa shape index (κ3) is 5.38. The van der Waals surface area contributed by atoms with Crippen LogP contribution in [0.25, 0.3) is 6.08 Å². The van der Waals surface area contributed by atoms with Gasteiger partial charge in [0.05, 0.1) is 24.9 Å². The van der Waals surface area contributed by atoms with Gasteiger partial charge in [-0.25, -0.2) is 0 Å². The lowest BCUT2D eigenvalue weighted by atomic mass is 10.0. The van der Waals surface area contributed by atoms with Crippen molar-refractivity contribution in [2.45, 2.75) is 53.8 Å². The topological polar surface area (TPSA) is 44.8 Å². The van der Waals surface area contributed by atoms with Crippen LogP contribution in [0.3, 0.4) is 0 Å². The zero-order valence-electron chi connectivity index (χ0n) is 17.8. The van der Waals surface area contributed by atoms with Crippen LogP contribution in [0.5, 0.6) is 17.2 Å². The van der Waals surface area contributed by atoms with Gasteiger partial charge in [-0.2, -0.15) is 0 Å². The number of aryl methyl sites for hydroxylation is 1. The number of hydrogen-bond donors (Lipinski definition) is 0. The van der Waals surface area contributed by atoms with E-state index < -0.39 is 0 Å². The van der Waals surface area contributed by atoms with Gasteiger partial charge < -0.3 is 14.2 Å². The van der Waals surface area contributed by atoms with Crippen LogP contribution >= 0.6 is 0 Å². The van der Waals surface area contributed by atoms with Crippen LogP contribution in [-0.2, 0) is 0 Å². The van der Waals surface area contributed by atoms with Crippen molar-refractivity contribution in [2.75, 3.05) is 7.11 Å². The molecule has 0 radical (unpaired) electrons. The van der Waals surface area contributed by atoms with Crippen LogP contribution in [-0.4, -0.2) is 25.1 Å². The van der Waals surface area contributed by atoms with Gasteiger partial charge in [-0.15, -0.1) is 0 Å². The fraction of sp³-hybridized carbons (Fsp3) is 0.375. The molecule has 0 spiro atoms. The van der Waals surface area contributed by atoms with Crippen molar-refractivity contribution >= 4 is 11.9 Å². The molecule has 0 atom stereocenters. The molecule has 4 heteroatoms. The molecule has 0 fully saturated rings. The van der Waals surface area contributed by atoms with E-state index in [2.05, 4.69) is 0 Å². The summed E-state index contributed by atoms with van der Waals surface area (Å²) in [6.07, 6.45) is 3.33. The lowest BCUT2D eigenvalue weighted by Crippen LogP contribution is -2.11. The van der Waals surface area contributed by atoms with Crippen molar-refractivity contribution in [3.8, 4) is 17.2 Å². The Morgan fingerprint density at radius 2 is 1.64 bits per heavy atom. The van der Waals surface area contributed by atoms with Crippen LogP contribution in [0.1, 0.15) is 54.7 Å². The normalized spacial score (nSPS) is 11.3. The molecule has 2 rings (SSSR count). The van der Waals surface area contributed by atoms with Gasteiger partial charge in [-0.3, -0.25) is 4.79 Å². The number of carbonyl (C=O) groups excluding carboxylic acids is 1. The van der Waals surface area contributed by atoms with Gasteiger partial charge in [-0.1, -0.05) is 12.1 Å². The van der Waals surface area contributed by atoms with E-state index in [-0.39, 0.29) is 18.0 Å². The number of benzene rings is 2. The third-order valence-corrected chi connectivity index (χ3v) is 4.28. The van der Waals surface area contributed by atoms with Crippen LogP contribution in [0.15, 0.2) is 36.4 Å². The summed E-state index contributed by atoms with van der Waals surface area (Å²) < 4.78 is 17.1. The monoisotopic (exact) mass is 382 g/mol. The van der Waals surface area contributed by atoms with Gasteiger partial charge in [0.25, 0.3) is 0 Å². The Bertz CT molecular complexity index is 863. The first-order valence-electron chi connectivity index (χ1n) is 9.56. The molecule has 150 valence electrons. The zero-order valence-corrected chi connectivity index (χ0v) is 17.8. The van der Waals surface area contributed by atoms with Gasteiger partial charge in [0, 0.05) is 11.6 Å². The lowest BCUT2D eigenvalue weighted by molar-refractivity contribution is 0.104. The van der Waals surface area contributed by atoms with E-state index in [0.717, 1.165) is 22.4 Å².